The van der Waals surface area contributed by atoms with E-state index in [9.17, 15) is 29.0 Å². The van der Waals surface area contributed by atoms with Gasteiger partial charge in [0, 0.05) is 43.0 Å². The van der Waals surface area contributed by atoms with Crippen molar-refractivity contribution in [1.29, 1.82) is 0 Å². The van der Waals surface area contributed by atoms with Gasteiger partial charge >= 0.3 is 0 Å². The molecule has 1 heterocycles. The lowest BCUT2D eigenvalue weighted by Gasteiger charge is -2.20. The normalized spacial score (nSPS) is 12.9. The number of carbonyl (C=O) groups is 3. The van der Waals surface area contributed by atoms with Gasteiger partial charge in [-0.2, -0.15) is 0 Å². The van der Waals surface area contributed by atoms with Crippen LogP contribution in [0.25, 0.3) is 22.4 Å². The highest BCUT2D eigenvalue weighted by molar-refractivity contribution is 6.12. The van der Waals surface area contributed by atoms with Gasteiger partial charge in [0.1, 0.15) is 5.82 Å². The molecule has 4 aromatic rings. The fourth-order valence-electron chi connectivity index (χ4n) is 7.53. The SMILES string of the molecule is CC/C=C\C/C=C\C/C=C\C/C=C\C/C=C\CCCC(=O)NCCNC(=O)C[C@H](O)C[C@H](O)CCn1c(-c2ccc(F)cc2)c(-c2ccccc2)c(C(=O)Nc2ccccc2)c1C(C)C. The summed E-state index contributed by atoms with van der Waals surface area (Å²) < 4.78 is 16.3. The Morgan fingerprint density at radius 1 is 0.677 bits per heavy atom. The van der Waals surface area contributed by atoms with Crippen LogP contribution in [-0.4, -0.2) is 57.8 Å². The van der Waals surface area contributed by atoms with Crippen molar-refractivity contribution in [2.24, 2.45) is 0 Å². The summed E-state index contributed by atoms with van der Waals surface area (Å²) in [7, 11) is 0. The molecule has 0 radical (unpaired) electrons. The van der Waals surface area contributed by atoms with Gasteiger partial charge in [-0.15, -0.1) is 0 Å². The van der Waals surface area contributed by atoms with Gasteiger partial charge in [0.2, 0.25) is 11.8 Å². The first kappa shape index (κ1) is 51.5. The molecule has 4 rings (SSSR count). The molecule has 0 aliphatic rings. The van der Waals surface area contributed by atoms with Gasteiger partial charge in [-0.1, -0.05) is 130 Å². The van der Waals surface area contributed by atoms with E-state index in [-0.39, 0.29) is 68.4 Å². The average molecular weight is 885 g/mol. The number of hydrogen-bond acceptors (Lipinski definition) is 5. The number of rotatable bonds is 28. The minimum atomic E-state index is -1.10. The Kier molecular flexibility index (Phi) is 23.3. The zero-order valence-electron chi connectivity index (χ0n) is 38.4. The molecule has 0 bridgehead atoms. The van der Waals surface area contributed by atoms with Crippen molar-refractivity contribution in [3.63, 3.8) is 0 Å². The number of allylic oxidation sites excluding steroid dienone is 10. The van der Waals surface area contributed by atoms with Gasteiger partial charge in [-0.05, 0) is 111 Å². The van der Waals surface area contributed by atoms with E-state index >= 15 is 0 Å². The van der Waals surface area contributed by atoms with Crippen LogP contribution in [0.3, 0.4) is 0 Å². The van der Waals surface area contributed by atoms with Crippen molar-refractivity contribution in [3.05, 3.63) is 163 Å². The first-order chi connectivity index (χ1) is 31.6. The van der Waals surface area contributed by atoms with E-state index in [1.165, 1.54) is 12.1 Å². The third-order valence-electron chi connectivity index (χ3n) is 10.6. The summed E-state index contributed by atoms with van der Waals surface area (Å²) >= 11 is 0. The fraction of sp³-hybridized carbons (Fsp3) is 0.364. The van der Waals surface area contributed by atoms with Gasteiger partial charge in [-0.3, -0.25) is 14.4 Å². The lowest BCUT2D eigenvalue weighted by Crippen LogP contribution is -2.36. The van der Waals surface area contributed by atoms with Crippen molar-refractivity contribution in [2.45, 2.75) is 116 Å². The lowest BCUT2D eigenvalue weighted by molar-refractivity contribution is -0.124. The number of carbonyl (C=O) groups excluding carboxylic acids is 3. The zero-order chi connectivity index (χ0) is 46.7. The molecule has 0 aliphatic heterocycles. The summed E-state index contributed by atoms with van der Waals surface area (Å²) in [6.45, 7) is 6.92. The summed E-state index contributed by atoms with van der Waals surface area (Å²) in [6.07, 6.45) is 26.2. The molecule has 2 atom stereocenters. The first-order valence-electron chi connectivity index (χ1n) is 23.2. The Labute approximate surface area is 386 Å². The summed E-state index contributed by atoms with van der Waals surface area (Å²) in [6, 6.07) is 25.0. The Balaban J connectivity index is 1.24. The van der Waals surface area contributed by atoms with Crippen LogP contribution in [0.1, 0.15) is 113 Å². The van der Waals surface area contributed by atoms with E-state index in [0.29, 0.717) is 34.5 Å². The molecule has 3 aromatic carbocycles. The standard InChI is InChI=1S/C55H69FN4O5/c1-4-5-6-7-8-9-10-11-12-13-14-15-16-17-18-19-26-31-49(63)57-37-38-58-50(64)41-48(62)40-47(61)36-39-60-53(42(2)3)52(55(65)59-46-29-24-21-25-30-46)51(43-27-22-20-23-28-43)54(60)44-32-34-45(56)35-33-44/h5-6,8-9,11-12,14-15,17-18,20-25,27-30,32-35,42,47-48,61-62H,4,7,10,13,16,19,26,31,36-41H2,1-3H3,(H,57,63)(H,58,64)(H,59,65)/b6-5-,9-8-,12-11-,15-14-,18-17-/t47-,48-/m1/s1. The number of amides is 3. The first-order valence-corrected chi connectivity index (χ1v) is 23.2. The molecule has 10 heteroatoms. The third kappa shape index (κ3) is 18.5. The smallest absolute Gasteiger partial charge is 0.258 e. The minimum absolute atomic E-state index is 0.0426. The number of aliphatic hydroxyl groups is 2. The highest BCUT2D eigenvalue weighted by Crippen LogP contribution is 2.42. The highest BCUT2D eigenvalue weighted by atomic mass is 19.1. The Hall–Kier alpha value is -6.10. The number of unbranched alkanes of at least 4 members (excludes halogenated alkanes) is 1. The van der Waals surface area contributed by atoms with E-state index in [2.05, 4.69) is 83.6 Å². The van der Waals surface area contributed by atoms with E-state index in [0.717, 1.165) is 56.2 Å². The Bertz CT molecular complexity index is 2190. The van der Waals surface area contributed by atoms with Crippen molar-refractivity contribution >= 4 is 23.4 Å². The second-order valence-electron chi connectivity index (χ2n) is 16.3. The molecular formula is C55H69FN4O5. The lowest BCUT2D eigenvalue weighted by atomic mass is 9.94. The van der Waals surface area contributed by atoms with Crippen LogP contribution < -0.4 is 16.0 Å². The van der Waals surface area contributed by atoms with Crippen LogP contribution in [0.4, 0.5) is 10.1 Å². The largest absolute Gasteiger partial charge is 0.393 e. The molecule has 0 saturated carbocycles. The molecular weight excluding hydrogens is 816 g/mol. The molecule has 0 spiro atoms. The number of halogens is 1. The Morgan fingerprint density at radius 3 is 1.82 bits per heavy atom. The maximum Gasteiger partial charge on any atom is 0.258 e. The topological polar surface area (TPSA) is 133 Å². The molecule has 3 amide bonds. The van der Waals surface area contributed by atoms with E-state index in [4.69, 9.17) is 0 Å². The number of hydrogen-bond donors (Lipinski definition) is 5. The van der Waals surface area contributed by atoms with E-state index < -0.39 is 12.2 Å². The quantitative estimate of drug-likeness (QED) is 0.0286. The number of nitrogens with zero attached hydrogens (tertiary/aromatic N) is 1. The van der Waals surface area contributed by atoms with Gasteiger partial charge in [0.05, 0.1) is 29.9 Å². The Morgan fingerprint density at radius 2 is 1.23 bits per heavy atom. The zero-order valence-corrected chi connectivity index (χ0v) is 38.4. The van der Waals surface area contributed by atoms with E-state index in [1.807, 2.05) is 79.1 Å². The number of aliphatic hydroxyl groups excluding tert-OH is 2. The molecule has 0 unspecified atom stereocenters. The molecule has 1 aromatic heterocycles. The van der Waals surface area contributed by atoms with Crippen molar-refractivity contribution in [3.8, 4) is 22.4 Å². The molecule has 0 aliphatic carbocycles. The van der Waals surface area contributed by atoms with Gasteiger partial charge in [0.25, 0.3) is 5.91 Å². The maximum absolute atomic E-state index is 14.3. The number of para-hydroxylation sites is 1. The number of benzene rings is 3. The van der Waals surface area contributed by atoms with Crippen LogP contribution in [0.15, 0.2) is 146 Å². The van der Waals surface area contributed by atoms with Crippen LogP contribution >= 0.6 is 0 Å². The summed E-state index contributed by atoms with van der Waals surface area (Å²) in [5.74, 6) is -1.28. The van der Waals surface area contributed by atoms with Crippen LogP contribution in [0.5, 0.6) is 0 Å². The maximum atomic E-state index is 14.3. The van der Waals surface area contributed by atoms with Crippen LogP contribution in [-0.2, 0) is 16.1 Å². The highest BCUT2D eigenvalue weighted by Gasteiger charge is 2.31. The second-order valence-corrected chi connectivity index (χ2v) is 16.3. The van der Waals surface area contributed by atoms with Crippen molar-refractivity contribution < 1.29 is 29.0 Å². The predicted octanol–water partition coefficient (Wildman–Crippen LogP) is 11.4. The van der Waals surface area contributed by atoms with Gasteiger partial charge in [-0.25, -0.2) is 4.39 Å². The molecule has 65 heavy (non-hydrogen) atoms. The summed E-state index contributed by atoms with van der Waals surface area (Å²) in [4.78, 5) is 39.3. The number of aromatic nitrogens is 1. The van der Waals surface area contributed by atoms with Crippen molar-refractivity contribution in [1.82, 2.24) is 15.2 Å². The third-order valence-corrected chi connectivity index (χ3v) is 10.6. The number of anilines is 1. The minimum Gasteiger partial charge on any atom is -0.393 e. The monoisotopic (exact) mass is 885 g/mol. The van der Waals surface area contributed by atoms with Crippen molar-refractivity contribution in [2.75, 3.05) is 18.4 Å². The summed E-state index contributed by atoms with van der Waals surface area (Å²) in [5.41, 5.74) is 4.79. The average Bonchev–Trinajstić information content (AvgIpc) is 3.64. The van der Waals surface area contributed by atoms with Gasteiger partial charge in [0.15, 0.2) is 0 Å². The molecule has 346 valence electrons. The second kappa shape index (κ2) is 29.4. The summed E-state index contributed by atoms with van der Waals surface area (Å²) in [5, 5.41) is 30.7. The van der Waals surface area contributed by atoms with Crippen LogP contribution in [0, 0.1) is 5.82 Å². The molecule has 5 N–H and O–H groups in total. The van der Waals surface area contributed by atoms with Crippen LogP contribution in [0.2, 0.25) is 0 Å². The molecule has 9 nitrogen and oxygen atoms in total. The molecule has 0 saturated heterocycles. The molecule has 0 fully saturated rings. The number of nitrogens with one attached hydrogen (secondary N) is 3. The van der Waals surface area contributed by atoms with E-state index in [1.54, 1.807) is 12.1 Å². The predicted molar refractivity (Wildman–Crippen MR) is 264 cm³/mol. The fourth-order valence-corrected chi connectivity index (χ4v) is 7.53. The van der Waals surface area contributed by atoms with Gasteiger partial charge < -0.3 is 30.7 Å².